The van der Waals surface area contributed by atoms with E-state index in [1.165, 1.54) is 49.6 Å². The van der Waals surface area contributed by atoms with Crippen LogP contribution in [0.4, 0.5) is 11.4 Å². The average Bonchev–Trinajstić information content (AvgIpc) is 2.96. The Morgan fingerprint density at radius 1 is 0.949 bits per heavy atom. The van der Waals surface area contributed by atoms with Crippen LogP contribution in [0.15, 0.2) is 113 Å². The maximum atomic E-state index is 13.9. The Kier molecular flexibility index (Phi) is 8.32. The number of hydrogen-bond acceptors (Lipinski definition) is 7. The van der Waals surface area contributed by atoms with Gasteiger partial charge in [0.15, 0.2) is 0 Å². The minimum atomic E-state index is -4.13. The van der Waals surface area contributed by atoms with Crippen molar-refractivity contribution in [3.05, 3.63) is 130 Å². The lowest BCUT2D eigenvalue weighted by Gasteiger charge is -2.26. The fourth-order valence-electron chi connectivity index (χ4n) is 3.79. The third-order valence-electron chi connectivity index (χ3n) is 5.74. The van der Waals surface area contributed by atoms with E-state index in [4.69, 9.17) is 4.74 Å². The summed E-state index contributed by atoms with van der Waals surface area (Å²) < 4.78 is 34.1. The van der Waals surface area contributed by atoms with Crippen LogP contribution in [0.1, 0.15) is 21.5 Å². The molecule has 0 aromatic heterocycles. The quantitative estimate of drug-likeness (QED) is 0.174. The highest BCUT2D eigenvalue weighted by molar-refractivity contribution is 7.92. The van der Waals surface area contributed by atoms with Gasteiger partial charge in [0.1, 0.15) is 5.75 Å². The summed E-state index contributed by atoms with van der Waals surface area (Å²) in [4.78, 5) is 23.9. The molecule has 0 heterocycles. The van der Waals surface area contributed by atoms with Crippen molar-refractivity contribution in [3.8, 4) is 5.75 Å². The topological polar surface area (TPSA) is 131 Å². The summed E-state index contributed by atoms with van der Waals surface area (Å²) in [5, 5.41) is 15.1. The van der Waals surface area contributed by atoms with Gasteiger partial charge in [0.25, 0.3) is 21.6 Å². The molecule has 11 heteroatoms. The molecule has 0 aliphatic heterocycles. The Bertz CT molecular complexity index is 1610. The summed E-state index contributed by atoms with van der Waals surface area (Å²) in [5.74, 6) is -0.191. The molecule has 10 nitrogen and oxygen atoms in total. The fourth-order valence-corrected chi connectivity index (χ4v) is 5.26. The van der Waals surface area contributed by atoms with Crippen LogP contribution in [0.25, 0.3) is 0 Å². The van der Waals surface area contributed by atoms with Crippen molar-refractivity contribution in [3.63, 3.8) is 0 Å². The second-order valence-corrected chi connectivity index (χ2v) is 10.1. The smallest absolute Gasteiger partial charge is 0.278 e. The van der Waals surface area contributed by atoms with Gasteiger partial charge in [-0.15, -0.1) is 0 Å². The van der Waals surface area contributed by atoms with Crippen molar-refractivity contribution in [1.29, 1.82) is 0 Å². The molecule has 0 saturated heterocycles. The first-order chi connectivity index (χ1) is 18.8. The van der Waals surface area contributed by atoms with E-state index in [0.29, 0.717) is 11.3 Å². The van der Waals surface area contributed by atoms with Crippen molar-refractivity contribution in [2.24, 2.45) is 5.10 Å². The van der Waals surface area contributed by atoms with E-state index in [9.17, 15) is 23.3 Å². The average molecular weight is 545 g/mol. The lowest BCUT2D eigenvalue weighted by Crippen LogP contribution is -2.33. The second-order valence-electron chi connectivity index (χ2n) is 8.21. The van der Waals surface area contributed by atoms with Crippen LogP contribution >= 0.6 is 0 Å². The molecule has 0 unspecified atom stereocenters. The number of nitrogens with one attached hydrogen (secondary N) is 1. The molecule has 0 spiro atoms. The highest BCUT2D eigenvalue weighted by Crippen LogP contribution is 2.30. The Labute approximate surface area is 225 Å². The summed E-state index contributed by atoms with van der Waals surface area (Å²) in [7, 11) is -2.64. The van der Waals surface area contributed by atoms with Gasteiger partial charge in [0.2, 0.25) is 0 Å². The molecule has 4 aromatic rings. The van der Waals surface area contributed by atoms with Crippen LogP contribution in [-0.2, 0) is 16.6 Å². The van der Waals surface area contributed by atoms with Gasteiger partial charge in [-0.1, -0.05) is 54.6 Å². The monoisotopic (exact) mass is 544 g/mol. The predicted molar refractivity (Wildman–Crippen MR) is 147 cm³/mol. The molecule has 0 saturated carbocycles. The zero-order valence-electron chi connectivity index (χ0n) is 20.8. The van der Waals surface area contributed by atoms with Gasteiger partial charge in [-0.25, -0.2) is 13.8 Å². The summed E-state index contributed by atoms with van der Waals surface area (Å²) >= 11 is 0. The Hall–Kier alpha value is -5.03. The molecule has 1 N–H and O–H groups in total. The van der Waals surface area contributed by atoms with Crippen LogP contribution in [0.5, 0.6) is 5.75 Å². The molecule has 4 aromatic carbocycles. The molecule has 0 aliphatic rings. The molecule has 0 radical (unpaired) electrons. The van der Waals surface area contributed by atoms with E-state index >= 15 is 0 Å². The Balaban J connectivity index is 1.70. The molecular formula is C28H24N4O6S. The van der Waals surface area contributed by atoms with Gasteiger partial charge in [0, 0.05) is 6.07 Å². The number of methoxy groups -OCH3 is 1. The van der Waals surface area contributed by atoms with Crippen molar-refractivity contribution in [2.75, 3.05) is 11.4 Å². The summed E-state index contributed by atoms with van der Waals surface area (Å²) in [5.41, 5.74) is 3.27. The summed E-state index contributed by atoms with van der Waals surface area (Å²) in [6.45, 7) is -0.0427. The van der Waals surface area contributed by atoms with E-state index in [-0.39, 0.29) is 33.9 Å². The number of sulfonamides is 1. The van der Waals surface area contributed by atoms with Crippen LogP contribution in [0, 0.1) is 10.1 Å². The van der Waals surface area contributed by atoms with E-state index in [1.54, 1.807) is 54.6 Å². The van der Waals surface area contributed by atoms with E-state index in [2.05, 4.69) is 10.5 Å². The zero-order chi connectivity index (χ0) is 27.8. The molecule has 1 amide bonds. The van der Waals surface area contributed by atoms with Crippen molar-refractivity contribution in [1.82, 2.24) is 5.43 Å². The molecular weight excluding hydrogens is 520 g/mol. The van der Waals surface area contributed by atoms with Crippen LogP contribution < -0.4 is 14.5 Å². The number of hydrogen-bond donors (Lipinski definition) is 1. The van der Waals surface area contributed by atoms with Crippen molar-refractivity contribution < 1.29 is 22.9 Å². The lowest BCUT2D eigenvalue weighted by molar-refractivity contribution is -0.385. The van der Waals surface area contributed by atoms with Gasteiger partial charge >= 0.3 is 0 Å². The SMILES string of the molecule is COc1ccc(S(=O)(=O)N(Cc2ccccc2)c2ccccc2C(=O)NN=Cc2ccccc2[N+](=O)[O-])cc1. The van der Waals surface area contributed by atoms with Crippen LogP contribution in [0.3, 0.4) is 0 Å². The summed E-state index contributed by atoms with van der Waals surface area (Å²) in [6, 6.07) is 27.1. The van der Waals surface area contributed by atoms with Gasteiger partial charge in [-0.3, -0.25) is 19.2 Å². The van der Waals surface area contributed by atoms with Gasteiger partial charge in [-0.05, 0) is 48.0 Å². The molecule has 4 rings (SSSR count). The number of ether oxygens (including phenoxy) is 1. The second kappa shape index (κ2) is 12.0. The maximum Gasteiger partial charge on any atom is 0.278 e. The number of benzene rings is 4. The van der Waals surface area contributed by atoms with E-state index in [0.717, 1.165) is 10.5 Å². The van der Waals surface area contributed by atoms with Crippen LogP contribution in [0.2, 0.25) is 0 Å². The number of hydrazone groups is 1. The first-order valence-electron chi connectivity index (χ1n) is 11.7. The van der Waals surface area contributed by atoms with E-state index < -0.39 is 20.9 Å². The normalized spacial score (nSPS) is 11.2. The standard InChI is InChI=1S/C28H24N4O6S/c1-38-23-15-17-24(18-16-23)39(36,37)31(20-21-9-3-2-4-10-21)27-14-8-6-12-25(27)28(33)30-29-19-22-11-5-7-13-26(22)32(34)35/h2-19H,20H2,1H3,(H,30,33). The van der Waals surface area contributed by atoms with Gasteiger partial charge in [0.05, 0.1) is 46.5 Å². The molecule has 39 heavy (non-hydrogen) atoms. The number of nitro groups is 1. The first kappa shape index (κ1) is 27.0. The highest BCUT2D eigenvalue weighted by Gasteiger charge is 2.28. The Morgan fingerprint density at radius 3 is 2.28 bits per heavy atom. The number of rotatable bonds is 10. The maximum absolute atomic E-state index is 13.9. The predicted octanol–water partition coefficient (Wildman–Crippen LogP) is 4.76. The summed E-state index contributed by atoms with van der Waals surface area (Å²) in [6.07, 6.45) is 1.16. The van der Waals surface area contributed by atoms with Crippen molar-refractivity contribution >= 4 is 33.5 Å². The number of carbonyl (C=O) groups is 1. The molecule has 0 atom stereocenters. The fraction of sp³-hybridized carbons (Fsp3) is 0.0714. The molecule has 198 valence electrons. The number of amides is 1. The number of nitro benzene ring substituents is 1. The molecule has 0 fully saturated rings. The zero-order valence-corrected chi connectivity index (χ0v) is 21.6. The minimum absolute atomic E-state index is 0.0175. The van der Waals surface area contributed by atoms with Crippen molar-refractivity contribution in [2.45, 2.75) is 11.4 Å². The molecule has 0 bridgehead atoms. The largest absolute Gasteiger partial charge is 0.497 e. The molecule has 0 aliphatic carbocycles. The first-order valence-corrected chi connectivity index (χ1v) is 13.1. The van der Waals surface area contributed by atoms with Gasteiger partial charge < -0.3 is 4.74 Å². The number of carbonyl (C=O) groups excluding carboxylic acids is 1. The third kappa shape index (κ3) is 6.28. The number of para-hydroxylation sites is 2. The number of nitrogens with zero attached hydrogens (tertiary/aromatic N) is 3. The van der Waals surface area contributed by atoms with E-state index in [1.807, 2.05) is 6.07 Å². The van der Waals surface area contributed by atoms with Gasteiger partial charge in [-0.2, -0.15) is 5.10 Å². The van der Waals surface area contributed by atoms with Crippen LogP contribution in [-0.4, -0.2) is 32.6 Å². The lowest BCUT2D eigenvalue weighted by atomic mass is 10.1. The Morgan fingerprint density at radius 2 is 1.59 bits per heavy atom. The minimum Gasteiger partial charge on any atom is -0.497 e. The highest BCUT2D eigenvalue weighted by atomic mass is 32.2. The number of anilines is 1. The third-order valence-corrected chi connectivity index (χ3v) is 7.51.